The van der Waals surface area contributed by atoms with E-state index in [1.807, 2.05) is 0 Å². The molecule has 0 amide bonds. The van der Waals surface area contributed by atoms with E-state index in [-0.39, 0.29) is 0 Å². The Kier molecular flexibility index (Phi) is 3.54. The first-order valence-corrected chi connectivity index (χ1v) is 10.0. The molecule has 5 heteroatoms. The van der Waals surface area contributed by atoms with Crippen LogP contribution >= 0.6 is 29.2 Å². The van der Waals surface area contributed by atoms with E-state index in [0.717, 1.165) is 0 Å². The lowest BCUT2D eigenvalue weighted by Crippen LogP contribution is -2.08. The molecule has 0 spiro atoms. The van der Waals surface area contributed by atoms with Crippen molar-refractivity contribution in [1.29, 1.82) is 0 Å². The Balaban J connectivity index is 2.06. The van der Waals surface area contributed by atoms with Crippen LogP contribution in [0.2, 0.25) is 10.0 Å². The smallest absolute Gasteiger partial charge is 0.110 e. The van der Waals surface area contributed by atoms with Gasteiger partial charge in [-0.1, -0.05) is 41.1 Å². The maximum atomic E-state index is 10.8. The number of aliphatic hydroxyl groups excluding tert-OH is 1. The SMILES string of the molecule is OC(c1c(Cl)cccc1Cl)P1(=S)C2CCC1CC2. The van der Waals surface area contributed by atoms with Crippen molar-refractivity contribution < 1.29 is 5.11 Å². The van der Waals surface area contributed by atoms with Gasteiger partial charge >= 0.3 is 0 Å². The van der Waals surface area contributed by atoms with Crippen LogP contribution in [0.1, 0.15) is 37.1 Å². The number of rotatable bonds is 2. The summed E-state index contributed by atoms with van der Waals surface area (Å²) in [5.41, 5.74) is 1.75. The van der Waals surface area contributed by atoms with Crippen molar-refractivity contribution in [3.8, 4) is 0 Å². The van der Waals surface area contributed by atoms with Crippen LogP contribution in [0.4, 0.5) is 0 Å². The second kappa shape index (κ2) is 4.75. The van der Waals surface area contributed by atoms with Gasteiger partial charge in [0.2, 0.25) is 0 Å². The molecule has 1 atom stereocenters. The molecule has 1 nitrogen and oxygen atoms in total. The summed E-state index contributed by atoms with van der Waals surface area (Å²) in [6, 6.07) is 3.58. The van der Waals surface area contributed by atoms with Gasteiger partial charge in [-0.2, -0.15) is 0 Å². The Hall–Kier alpha value is 0.410. The van der Waals surface area contributed by atoms with Gasteiger partial charge in [-0.05, 0) is 55.2 Å². The standard InChI is InChI=1S/C13H15Cl2OPS/c14-10-2-1-3-11(15)12(10)13(16)17(18)8-4-5-9(17)7-6-8/h1-3,8-9,13,16H,4-7H2. The van der Waals surface area contributed by atoms with Crippen molar-refractivity contribution in [2.24, 2.45) is 0 Å². The zero-order chi connectivity index (χ0) is 12.9. The average molecular weight is 321 g/mol. The van der Waals surface area contributed by atoms with E-state index in [2.05, 4.69) is 0 Å². The monoisotopic (exact) mass is 320 g/mol. The fourth-order valence-corrected chi connectivity index (χ4v) is 10.1. The third kappa shape index (κ3) is 1.81. The number of aliphatic hydroxyl groups is 1. The number of benzene rings is 1. The van der Waals surface area contributed by atoms with Crippen LogP contribution in [0.3, 0.4) is 0 Å². The van der Waals surface area contributed by atoms with Crippen molar-refractivity contribution in [3.05, 3.63) is 33.8 Å². The molecular weight excluding hydrogens is 306 g/mol. The van der Waals surface area contributed by atoms with E-state index in [0.29, 0.717) is 26.9 Å². The van der Waals surface area contributed by atoms with E-state index in [1.54, 1.807) is 18.2 Å². The predicted molar refractivity (Wildman–Crippen MR) is 81.8 cm³/mol. The molecule has 18 heavy (non-hydrogen) atoms. The van der Waals surface area contributed by atoms with Crippen molar-refractivity contribution in [2.75, 3.05) is 0 Å². The van der Waals surface area contributed by atoms with Crippen molar-refractivity contribution >= 4 is 41.0 Å². The summed E-state index contributed by atoms with van der Waals surface area (Å²) in [5, 5.41) is 11.9. The Morgan fingerprint density at radius 3 is 2.00 bits per heavy atom. The van der Waals surface area contributed by atoms with Crippen LogP contribution in [0.15, 0.2) is 18.2 Å². The third-order valence-electron chi connectivity index (χ3n) is 4.45. The van der Waals surface area contributed by atoms with Crippen molar-refractivity contribution in [2.45, 2.75) is 42.8 Å². The first kappa shape index (κ1) is 13.4. The van der Waals surface area contributed by atoms with Crippen LogP contribution in [-0.4, -0.2) is 16.4 Å². The molecule has 1 unspecified atom stereocenters. The van der Waals surface area contributed by atoms with Gasteiger partial charge in [0.15, 0.2) is 0 Å². The molecule has 3 rings (SSSR count). The number of hydrogen-bond acceptors (Lipinski definition) is 2. The highest BCUT2D eigenvalue weighted by Gasteiger charge is 2.51. The lowest BCUT2D eigenvalue weighted by Gasteiger charge is -2.29. The highest BCUT2D eigenvalue weighted by Crippen LogP contribution is 2.77. The van der Waals surface area contributed by atoms with Crippen molar-refractivity contribution in [3.63, 3.8) is 0 Å². The molecule has 98 valence electrons. The number of hydrogen-bond donors (Lipinski definition) is 1. The molecule has 2 fully saturated rings. The zero-order valence-corrected chi connectivity index (χ0v) is 13.1. The van der Waals surface area contributed by atoms with Gasteiger partial charge in [-0.3, -0.25) is 0 Å². The molecule has 0 saturated carbocycles. The van der Waals surface area contributed by atoms with Gasteiger partial charge in [0.25, 0.3) is 0 Å². The highest BCUT2D eigenvalue weighted by atomic mass is 35.5. The second-order valence-electron chi connectivity index (χ2n) is 5.23. The minimum atomic E-state index is -1.79. The number of halogens is 2. The van der Waals surface area contributed by atoms with Crippen molar-refractivity contribution in [1.82, 2.24) is 0 Å². The summed E-state index contributed by atoms with van der Waals surface area (Å²) in [4.78, 5) is 0. The Morgan fingerprint density at radius 1 is 1.11 bits per heavy atom. The topological polar surface area (TPSA) is 20.2 Å². The van der Waals surface area contributed by atoms with Crippen LogP contribution in [-0.2, 0) is 11.8 Å². The van der Waals surface area contributed by atoms with Crippen LogP contribution in [0, 0.1) is 0 Å². The quantitative estimate of drug-likeness (QED) is 0.791. The van der Waals surface area contributed by atoms with Gasteiger partial charge in [0.1, 0.15) is 5.85 Å². The highest BCUT2D eigenvalue weighted by molar-refractivity contribution is 8.15. The number of fused-ring (bicyclic) bond motifs is 2. The minimum absolute atomic E-state index is 0.542. The molecule has 0 aromatic heterocycles. The molecule has 0 radical (unpaired) electrons. The summed E-state index contributed by atoms with van der Waals surface area (Å²) >= 11 is 18.4. The molecule has 1 aromatic rings. The largest absolute Gasteiger partial charge is 0.383 e. The van der Waals surface area contributed by atoms with E-state index in [4.69, 9.17) is 35.0 Å². The van der Waals surface area contributed by atoms with Crippen LogP contribution in [0.5, 0.6) is 0 Å². The minimum Gasteiger partial charge on any atom is -0.383 e. The molecule has 2 saturated heterocycles. The molecule has 2 bridgehead atoms. The van der Waals surface area contributed by atoms with Gasteiger partial charge in [-0.25, -0.2) is 0 Å². The maximum absolute atomic E-state index is 10.8. The van der Waals surface area contributed by atoms with Gasteiger partial charge in [0.05, 0.1) is 0 Å². The lowest BCUT2D eigenvalue weighted by atomic mass is 10.0. The Morgan fingerprint density at radius 2 is 1.56 bits per heavy atom. The van der Waals surface area contributed by atoms with Crippen LogP contribution in [0.25, 0.3) is 0 Å². The van der Waals surface area contributed by atoms with E-state index >= 15 is 0 Å². The normalized spacial score (nSPS) is 35.9. The molecule has 2 aliphatic heterocycles. The fourth-order valence-electron chi connectivity index (χ4n) is 3.52. The first-order chi connectivity index (χ1) is 8.55. The molecular formula is C13H15Cl2OPS. The lowest BCUT2D eigenvalue weighted by molar-refractivity contribution is 0.262. The summed E-state index contributed by atoms with van der Waals surface area (Å²) in [7, 11) is 0. The Labute approximate surface area is 122 Å². The Bertz CT molecular complexity index is 489. The molecule has 2 heterocycles. The molecule has 2 aliphatic rings. The summed E-state index contributed by atoms with van der Waals surface area (Å²) in [6.45, 7) is 0. The van der Waals surface area contributed by atoms with Crippen LogP contribution < -0.4 is 0 Å². The zero-order valence-electron chi connectivity index (χ0n) is 9.85. The maximum Gasteiger partial charge on any atom is 0.110 e. The average Bonchev–Trinajstić information content (AvgIpc) is 2.84. The molecule has 1 N–H and O–H groups in total. The molecule has 0 aliphatic carbocycles. The van der Waals surface area contributed by atoms with Gasteiger partial charge in [-0.15, -0.1) is 0 Å². The first-order valence-electron chi connectivity index (χ1n) is 6.26. The summed E-state index contributed by atoms with van der Waals surface area (Å²) in [6.07, 6.45) is 4.73. The van der Waals surface area contributed by atoms with E-state index < -0.39 is 11.9 Å². The fraction of sp³-hybridized carbons (Fsp3) is 0.538. The third-order valence-corrected chi connectivity index (χ3v) is 11.8. The van der Waals surface area contributed by atoms with E-state index in [1.165, 1.54) is 25.7 Å². The second-order valence-corrected chi connectivity index (χ2v) is 11.4. The predicted octanol–water partition coefficient (Wildman–Crippen LogP) is 4.79. The van der Waals surface area contributed by atoms with Gasteiger partial charge < -0.3 is 5.11 Å². The van der Waals surface area contributed by atoms with Gasteiger partial charge in [0, 0.05) is 15.6 Å². The van der Waals surface area contributed by atoms with E-state index in [9.17, 15) is 5.11 Å². The summed E-state index contributed by atoms with van der Waals surface area (Å²) in [5.74, 6) is -0.617. The summed E-state index contributed by atoms with van der Waals surface area (Å²) < 4.78 is 0. The molecule has 1 aromatic carbocycles.